The number of para-hydroxylation sites is 1. The number of amidine groups is 1. The van der Waals surface area contributed by atoms with Crippen LogP contribution in [0, 0.1) is 6.92 Å². The van der Waals surface area contributed by atoms with Gasteiger partial charge in [-0.2, -0.15) is 0 Å². The summed E-state index contributed by atoms with van der Waals surface area (Å²) in [6.07, 6.45) is 5.94. The number of benzene rings is 2. The molecule has 1 atom stereocenters. The molecule has 0 aliphatic carbocycles. The van der Waals surface area contributed by atoms with Crippen LogP contribution in [0.2, 0.25) is 5.02 Å². The van der Waals surface area contributed by atoms with E-state index in [9.17, 15) is 4.79 Å². The fourth-order valence-corrected chi connectivity index (χ4v) is 5.14. The van der Waals surface area contributed by atoms with Gasteiger partial charge in [0.05, 0.1) is 23.2 Å². The first-order valence-electron chi connectivity index (χ1n) is 11.0. The molecule has 0 bridgehead atoms. The number of hydrogen-bond acceptors (Lipinski definition) is 4. The molecule has 2 aliphatic heterocycles. The highest BCUT2D eigenvalue weighted by Crippen LogP contribution is 2.35. The number of ether oxygens (including phenoxy) is 1. The quantitative estimate of drug-likeness (QED) is 0.410. The van der Waals surface area contributed by atoms with Crippen molar-refractivity contribution in [1.29, 1.82) is 0 Å². The van der Waals surface area contributed by atoms with Gasteiger partial charge < -0.3 is 9.30 Å². The maximum atomic E-state index is 13.4. The highest BCUT2D eigenvalue weighted by Gasteiger charge is 2.36. The Morgan fingerprint density at radius 2 is 2.03 bits per heavy atom. The van der Waals surface area contributed by atoms with Crippen LogP contribution in [0.3, 0.4) is 0 Å². The van der Waals surface area contributed by atoms with E-state index < -0.39 is 0 Å². The van der Waals surface area contributed by atoms with Gasteiger partial charge in [0, 0.05) is 29.2 Å². The summed E-state index contributed by atoms with van der Waals surface area (Å²) in [7, 11) is 0. The van der Waals surface area contributed by atoms with Crippen LogP contribution in [0.25, 0.3) is 11.8 Å². The van der Waals surface area contributed by atoms with Crippen molar-refractivity contribution in [1.82, 2.24) is 9.47 Å². The third-order valence-electron chi connectivity index (χ3n) is 5.77. The zero-order valence-corrected chi connectivity index (χ0v) is 19.9. The number of thioether (sulfide) groups is 1. The van der Waals surface area contributed by atoms with Crippen LogP contribution in [0.15, 0.2) is 76.8 Å². The molecule has 33 heavy (non-hydrogen) atoms. The van der Waals surface area contributed by atoms with E-state index >= 15 is 0 Å². The normalized spacial score (nSPS) is 21.0. The fraction of sp³-hybridized carbons (Fsp3) is 0.231. The summed E-state index contributed by atoms with van der Waals surface area (Å²) in [4.78, 5) is 20.6. The Labute approximate surface area is 202 Å². The monoisotopic (exact) mass is 477 g/mol. The van der Waals surface area contributed by atoms with Crippen LogP contribution < -0.4 is 0 Å². The summed E-state index contributed by atoms with van der Waals surface area (Å²) in [5.74, 6) is -0.0418. The van der Waals surface area contributed by atoms with Gasteiger partial charge in [0.1, 0.15) is 0 Å². The molecule has 168 valence electrons. The molecule has 5 rings (SSSR count). The van der Waals surface area contributed by atoms with Gasteiger partial charge in [-0.3, -0.25) is 9.69 Å². The number of carbonyl (C=O) groups is 1. The lowest BCUT2D eigenvalue weighted by atomic mass is 10.2. The van der Waals surface area contributed by atoms with Crippen molar-refractivity contribution in [2.45, 2.75) is 25.9 Å². The molecule has 0 N–H and O–H groups in total. The molecule has 5 nitrogen and oxygen atoms in total. The van der Waals surface area contributed by atoms with Gasteiger partial charge in [0.15, 0.2) is 5.17 Å². The molecule has 1 amide bonds. The molecule has 2 aromatic carbocycles. The molecule has 2 aliphatic rings. The number of amides is 1. The minimum atomic E-state index is -0.0418. The zero-order valence-electron chi connectivity index (χ0n) is 18.3. The molecule has 3 heterocycles. The van der Waals surface area contributed by atoms with E-state index in [1.807, 2.05) is 84.4 Å². The van der Waals surface area contributed by atoms with E-state index in [-0.39, 0.29) is 12.0 Å². The molecule has 2 fully saturated rings. The number of halogens is 1. The van der Waals surface area contributed by atoms with Crippen molar-refractivity contribution < 1.29 is 9.53 Å². The van der Waals surface area contributed by atoms with Gasteiger partial charge in [-0.05, 0) is 79.6 Å². The SMILES string of the molecule is Cc1ccc(-n2cccc2/C=C2\SC(=Nc3ccccc3)N(C[C@H]3CCCO3)C2=O)cc1Cl. The number of rotatable bonds is 5. The third kappa shape index (κ3) is 4.78. The Hall–Kier alpha value is -2.80. The summed E-state index contributed by atoms with van der Waals surface area (Å²) < 4.78 is 7.84. The molecule has 0 radical (unpaired) electrons. The zero-order chi connectivity index (χ0) is 22.8. The summed E-state index contributed by atoms with van der Waals surface area (Å²) >= 11 is 7.76. The van der Waals surface area contributed by atoms with Gasteiger partial charge in [-0.1, -0.05) is 35.9 Å². The summed E-state index contributed by atoms with van der Waals surface area (Å²) in [6, 6.07) is 19.7. The van der Waals surface area contributed by atoms with Crippen LogP contribution in [0.5, 0.6) is 0 Å². The predicted molar refractivity (Wildman–Crippen MR) is 135 cm³/mol. The summed E-state index contributed by atoms with van der Waals surface area (Å²) in [5.41, 5.74) is 3.71. The molecule has 3 aromatic rings. The molecular weight excluding hydrogens is 454 g/mol. The lowest BCUT2D eigenvalue weighted by Gasteiger charge is -2.19. The van der Waals surface area contributed by atoms with E-state index in [2.05, 4.69) is 0 Å². The maximum absolute atomic E-state index is 13.4. The number of carbonyl (C=O) groups excluding carboxylic acids is 1. The van der Waals surface area contributed by atoms with Gasteiger partial charge in [-0.15, -0.1) is 0 Å². The summed E-state index contributed by atoms with van der Waals surface area (Å²) in [5, 5.41) is 1.40. The summed E-state index contributed by atoms with van der Waals surface area (Å²) in [6.45, 7) is 3.25. The topological polar surface area (TPSA) is 46.8 Å². The number of aliphatic imine (C=N–C) groups is 1. The molecule has 2 saturated heterocycles. The lowest BCUT2D eigenvalue weighted by molar-refractivity contribution is -0.123. The molecule has 0 saturated carbocycles. The smallest absolute Gasteiger partial charge is 0.266 e. The Morgan fingerprint density at radius 1 is 1.18 bits per heavy atom. The Kier molecular flexibility index (Phi) is 6.40. The Balaban J connectivity index is 1.48. The molecule has 1 aromatic heterocycles. The van der Waals surface area contributed by atoms with Crippen LogP contribution in [-0.2, 0) is 9.53 Å². The highest BCUT2D eigenvalue weighted by molar-refractivity contribution is 8.18. The van der Waals surface area contributed by atoms with E-state index in [4.69, 9.17) is 21.3 Å². The second-order valence-corrected chi connectivity index (χ2v) is 9.54. The Bertz CT molecular complexity index is 1230. The Morgan fingerprint density at radius 3 is 2.79 bits per heavy atom. The molecule has 0 spiro atoms. The van der Waals surface area contributed by atoms with Crippen molar-refractivity contribution in [3.63, 3.8) is 0 Å². The first kappa shape index (κ1) is 22.0. The predicted octanol–water partition coefficient (Wildman–Crippen LogP) is 6.22. The van der Waals surface area contributed by atoms with Gasteiger partial charge >= 0.3 is 0 Å². The van der Waals surface area contributed by atoms with E-state index in [0.717, 1.165) is 42.1 Å². The van der Waals surface area contributed by atoms with Crippen LogP contribution in [0.4, 0.5) is 5.69 Å². The maximum Gasteiger partial charge on any atom is 0.266 e. The van der Waals surface area contributed by atoms with Crippen molar-refractivity contribution in [2.24, 2.45) is 4.99 Å². The van der Waals surface area contributed by atoms with Crippen molar-refractivity contribution in [3.8, 4) is 5.69 Å². The second-order valence-electron chi connectivity index (χ2n) is 8.13. The van der Waals surface area contributed by atoms with Gasteiger partial charge in [0.2, 0.25) is 0 Å². The largest absolute Gasteiger partial charge is 0.376 e. The first-order chi connectivity index (χ1) is 16.1. The van der Waals surface area contributed by atoms with Crippen LogP contribution in [0.1, 0.15) is 24.1 Å². The number of nitrogens with zero attached hydrogens (tertiary/aromatic N) is 3. The van der Waals surface area contributed by atoms with Crippen molar-refractivity contribution >= 4 is 46.2 Å². The van der Waals surface area contributed by atoms with Gasteiger partial charge in [0.25, 0.3) is 5.91 Å². The molecule has 0 unspecified atom stereocenters. The van der Waals surface area contributed by atoms with E-state index in [1.165, 1.54) is 11.8 Å². The fourth-order valence-electron chi connectivity index (χ4n) is 3.97. The average Bonchev–Trinajstić information content (AvgIpc) is 3.56. The average molecular weight is 478 g/mol. The number of aromatic nitrogens is 1. The standard InChI is InChI=1S/C26H24ClN3O2S/c1-18-11-12-21(15-23(18)27)29-13-5-9-20(29)16-24-25(31)30(17-22-10-6-14-32-22)26(33-24)28-19-7-3-2-4-8-19/h2-5,7-9,11-13,15-16,22H,6,10,14,17H2,1H3/b24-16-,28-26?/t22-/m1/s1. The molecular formula is C26H24ClN3O2S. The lowest BCUT2D eigenvalue weighted by Crippen LogP contribution is -2.36. The number of hydrogen-bond donors (Lipinski definition) is 0. The number of aryl methyl sites for hydroxylation is 1. The van der Waals surface area contributed by atoms with Crippen molar-refractivity contribution in [2.75, 3.05) is 13.2 Å². The van der Waals surface area contributed by atoms with Crippen molar-refractivity contribution in [3.05, 3.63) is 88.0 Å². The van der Waals surface area contributed by atoms with Crippen LogP contribution in [-0.4, -0.2) is 39.8 Å². The van der Waals surface area contributed by atoms with E-state index in [0.29, 0.717) is 21.6 Å². The van der Waals surface area contributed by atoms with Crippen LogP contribution >= 0.6 is 23.4 Å². The molecule has 7 heteroatoms. The minimum Gasteiger partial charge on any atom is -0.376 e. The minimum absolute atomic E-state index is 0.0418. The second kappa shape index (κ2) is 9.59. The van der Waals surface area contributed by atoms with E-state index in [1.54, 1.807) is 4.90 Å². The highest BCUT2D eigenvalue weighted by atomic mass is 35.5. The third-order valence-corrected chi connectivity index (χ3v) is 7.19. The first-order valence-corrected chi connectivity index (χ1v) is 12.2. The van der Waals surface area contributed by atoms with Gasteiger partial charge in [-0.25, -0.2) is 4.99 Å².